The van der Waals surface area contributed by atoms with Gasteiger partial charge in [0.2, 0.25) is 0 Å². The van der Waals surface area contributed by atoms with E-state index in [0.717, 1.165) is 4.47 Å². The summed E-state index contributed by atoms with van der Waals surface area (Å²) in [7, 11) is 0. The maximum Gasteiger partial charge on any atom is 0.0974 e. The molecule has 0 spiro atoms. The Morgan fingerprint density at radius 3 is 2.29 bits per heavy atom. The maximum atomic E-state index is 5.61. The quantitative estimate of drug-likeness (QED) is 0.600. The first-order chi connectivity index (χ1) is 6.47. The molecule has 1 rings (SSSR count). The molecule has 0 aromatic heterocycles. The number of hydrogen-bond acceptors (Lipinski definition) is 2. The molecule has 0 radical (unpaired) electrons. The van der Waals surface area contributed by atoms with Crippen molar-refractivity contribution in [3.8, 4) is 0 Å². The normalized spacial score (nSPS) is 11.7. The van der Waals surface area contributed by atoms with Crippen molar-refractivity contribution in [3.63, 3.8) is 0 Å². The zero-order valence-corrected chi connectivity index (χ0v) is 11.1. The van der Waals surface area contributed by atoms with Crippen LogP contribution >= 0.6 is 27.7 Å². The van der Waals surface area contributed by atoms with Gasteiger partial charge in [-0.05, 0) is 45.0 Å². The van der Waals surface area contributed by atoms with Crippen LogP contribution in [0.25, 0.3) is 0 Å². The van der Waals surface area contributed by atoms with E-state index in [2.05, 4.69) is 48.8 Å². The molecule has 0 N–H and O–H groups in total. The number of hydrogen-bond donors (Lipinski definition) is 0. The van der Waals surface area contributed by atoms with Crippen LogP contribution in [0.1, 0.15) is 20.8 Å². The van der Waals surface area contributed by atoms with Crippen molar-refractivity contribution in [2.75, 3.05) is 5.94 Å². The SMILES string of the molecule is CC(C)(C)OCSc1ccc(Br)cc1. The summed E-state index contributed by atoms with van der Waals surface area (Å²) in [6.07, 6.45) is 0. The lowest BCUT2D eigenvalue weighted by atomic mass is 10.2. The van der Waals surface area contributed by atoms with E-state index >= 15 is 0 Å². The third-order valence-corrected chi connectivity index (χ3v) is 2.90. The first-order valence-corrected chi connectivity index (χ1v) is 6.27. The highest BCUT2D eigenvalue weighted by atomic mass is 79.9. The minimum Gasteiger partial charge on any atom is -0.365 e. The minimum absolute atomic E-state index is 0.0532. The van der Waals surface area contributed by atoms with Crippen LogP contribution in [0.3, 0.4) is 0 Å². The minimum atomic E-state index is -0.0532. The van der Waals surface area contributed by atoms with Gasteiger partial charge in [0.1, 0.15) is 0 Å². The summed E-state index contributed by atoms with van der Waals surface area (Å²) in [6.45, 7) is 6.19. The number of halogens is 1. The molecule has 0 unspecified atom stereocenters. The van der Waals surface area contributed by atoms with Crippen LogP contribution in [-0.2, 0) is 4.74 Å². The molecule has 0 atom stereocenters. The smallest absolute Gasteiger partial charge is 0.0974 e. The monoisotopic (exact) mass is 274 g/mol. The highest BCUT2D eigenvalue weighted by molar-refractivity contribution is 9.10. The molecule has 0 heterocycles. The van der Waals surface area contributed by atoms with E-state index in [0.29, 0.717) is 5.94 Å². The molecule has 0 bridgehead atoms. The molecule has 78 valence electrons. The fourth-order valence-corrected chi connectivity index (χ4v) is 1.95. The molecule has 14 heavy (non-hydrogen) atoms. The summed E-state index contributed by atoms with van der Waals surface area (Å²) < 4.78 is 6.72. The summed E-state index contributed by atoms with van der Waals surface area (Å²) >= 11 is 5.12. The predicted molar refractivity (Wildman–Crippen MR) is 65.7 cm³/mol. The van der Waals surface area contributed by atoms with Gasteiger partial charge in [-0.25, -0.2) is 0 Å². The average Bonchev–Trinajstić information content (AvgIpc) is 2.06. The van der Waals surface area contributed by atoms with Crippen molar-refractivity contribution >= 4 is 27.7 Å². The van der Waals surface area contributed by atoms with Gasteiger partial charge in [0, 0.05) is 9.37 Å². The summed E-state index contributed by atoms with van der Waals surface area (Å²) in [5, 5.41) is 0. The molecule has 0 saturated heterocycles. The van der Waals surface area contributed by atoms with Crippen molar-refractivity contribution in [1.82, 2.24) is 0 Å². The van der Waals surface area contributed by atoms with E-state index < -0.39 is 0 Å². The number of rotatable bonds is 3. The van der Waals surface area contributed by atoms with Crippen LogP contribution < -0.4 is 0 Å². The second-order valence-corrected chi connectivity index (χ2v) is 5.88. The lowest BCUT2D eigenvalue weighted by molar-refractivity contribution is 0.0288. The van der Waals surface area contributed by atoms with Crippen LogP contribution in [0.2, 0.25) is 0 Å². The highest BCUT2D eigenvalue weighted by Gasteiger charge is 2.09. The molecule has 0 saturated carbocycles. The van der Waals surface area contributed by atoms with Crippen molar-refractivity contribution in [2.45, 2.75) is 31.3 Å². The van der Waals surface area contributed by atoms with Gasteiger partial charge >= 0.3 is 0 Å². The van der Waals surface area contributed by atoms with Gasteiger partial charge in [0.05, 0.1) is 11.5 Å². The molecule has 1 aromatic rings. The lowest BCUT2D eigenvalue weighted by Gasteiger charge is -2.18. The van der Waals surface area contributed by atoms with Gasteiger partial charge in [-0.2, -0.15) is 0 Å². The molecule has 0 aliphatic heterocycles. The zero-order valence-electron chi connectivity index (χ0n) is 8.71. The van der Waals surface area contributed by atoms with Crippen LogP contribution in [0.4, 0.5) is 0 Å². The zero-order chi connectivity index (χ0) is 10.6. The Morgan fingerprint density at radius 1 is 1.21 bits per heavy atom. The number of ether oxygens (including phenoxy) is 1. The van der Waals surface area contributed by atoms with Crippen LogP contribution in [0, 0.1) is 0 Å². The van der Waals surface area contributed by atoms with Gasteiger partial charge in [0.25, 0.3) is 0 Å². The third kappa shape index (κ3) is 5.03. The van der Waals surface area contributed by atoms with E-state index in [1.165, 1.54) is 4.90 Å². The summed E-state index contributed by atoms with van der Waals surface area (Å²) in [6, 6.07) is 8.25. The summed E-state index contributed by atoms with van der Waals surface area (Å²) in [5.41, 5.74) is -0.0532. The average molecular weight is 275 g/mol. The standard InChI is InChI=1S/C11H15BrOS/c1-11(2,3)13-8-14-10-6-4-9(12)5-7-10/h4-7H,8H2,1-3H3. The first kappa shape index (κ1) is 12.1. The molecule has 0 fully saturated rings. The maximum absolute atomic E-state index is 5.61. The molecule has 0 aliphatic rings. The fourth-order valence-electron chi connectivity index (χ4n) is 0.805. The van der Waals surface area contributed by atoms with Crippen molar-refractivity contribution < 1.29 is 4.74 Å². The summed E-state index contributed by atoms with van der Waals surface area (Å²) in [4.78, 5) is 1.23. The van der Waals surface area contributed by atoms with Crippen molar-refractivity contribution in [2.24, 2.45) is 0 Å². The van der Waals surface area contributed by atoms with E-state index in [4.69, 9.17) is 4.74 Å². The van der Waals surface area contributed by atoms with Gasteiger partial charge in [0.15, 0.2) is 0 Å². The Labute approximate surface area is 98.4 Å². The van der Waals surface area contributed by atoms with Gasteiger partial charge < -0.3 is 4.74 Å². The Bertz CT molecular complexity index is 276. The topological polar surface area (TPSA) is 9.23 Å². The molecule has 0 amide bonds. The second-order valence-electron chi connectivity index (χ2n) is 3.97. The van der Waals surface area contributed by atoms with Crippen LogP contribution in [-0.4, -0.2) is 11.5 Å². The van der Waals surface area contributed by atoms with Gasteiger partial charge in [-0.3, -0.25) is 0 Å². The molecule has 1 aromatic carbocycles. The fraction of sp³-hybridized carbons (Fsp3) is 0.455. The third-order valence-electron chi connectivity index (χ3n) is 1.53. The van der Waals surface area contributed by atoms with Crippen LogP contribution in [0.15, 0.2) is 33.6 Å². The van der Waals surface area contributed by atoms with E-state index in [1.54, 1.807) is 11.8 Å². The molecular formula is C11H15BrOS. The Hall–Kier alpha value is 0.01000. The molecular weight excluding hydrogens is 260 g/mol. The van der Waals surface area contributed by atoms with Gasteiger partial charge in [-0.1, -0.05) is 27.7 Å². The number of thioether (sulfide) groups is 1. The predicted octanol–water partition coefficient (Wildman–Crippen LogP) is 4.31. The number of benzene rings is 1. The van der Waals surface area contributed by atoms with Gasteiger partial charge in [-0.15, -0.1) is 0 Å². The summed E-state index contributed by atoms with van der Waals surface area (Å²) in [5.74, 6) is 0.700. The van der Waals surface area contributed by atoms with Crippen molar-refractivity contribution in [3.05, 3.63) is 28.7 Å². The second kappa shape index (κ2) is 5.19. The molecule has 1 nitrogen and oxygen atoms in total. The van der Waals surface area contributed by atoms with E-state index in [1.807, 2.05) is 12.1 Å². The Morgan fingerprint density at radius 2 is 1.79 bits per heavy atom. The molecule has 3 heteroatoms. The Kier molecular flexibility index (Phi) is 4.48. The van der Waals surface area contributed by atoms with E-state index in [-0.39, 0.29) is 5.60 Å². The van der Waals surface area contributed by atoms with Crippen LogP contribution in [0.5, 0.6) is 0 Å². The highest BCUT2D eigenvalue weighted by Crippen LogP contribution is 2.22. The van der Waals surface area contributed by atoms with E-state index in [9.17, 15) is 0 Å². The Balaban J connectivity index is 2.35. The van der Waals surface area contributed by atoms with Crippen molar-refractivity contribution in [1.29, 1.82) is 0 Å². The molecule has 0 aliphatic carbocycles. The lowest BCUT2D eigenvalue weighted by Crippen LogP contribution is -2.18. The first-order valence-electron chi connectivity index (χ1n) is 4.50. The largest absolute Gasteiger partial charge is 0.365 e.